The summed E-state index contributed by atoms with van der Waals surface area (Å²) in [5.41, 5.74) is 2.05. The Morgan fingerprint density at radius 1 is 1.08 bits per heavy atom. The van der Waals surface area contributed by atoms with Crippen LogP contribution < -0.4 is 14.2 Å². The van der Waals surface area contributed by atoms with Crippen LogP contribution in [0.15, 0.2) is 53.2 Å². The van der Waals surface area contributed by atoms with Gasteiger partial charge in [0.25, 0.3) is 0 Å². The summed E-state index contributed by atoms with van der Waals surface area (Å²) in [5.74, 6) is 2.07. The second-order valence-corrected chi connectivity index (χ2v) is 5.85. The van der Waals surface area contributed by atoms with Crippen molar-refractivity contribution in [3.8, 4) is 17.2 Å². The third kappa shape index (κ3) is 3.39. The van der Waals surface area contributed by atoms with Gasteiger partial charge in [0.05, 0.1) is 7.11 Å². The number of fused-ring (bicyclic) bond motifs is 1. The van der Waals surface area contributed by atoms with Gasteiger partial charge in [0.15, 0.2) is 17.2 Å². The third-order valence-corrected chi connectivity index (χ3v) is 4.05. The van der Waals surface area contributed by atoms with Gasteiger partial charge in [-0.15, -0.1) is 0 Å². The third-order valence-electron chi connectivity index (χ3n) is 4.05. The van der Waals surface area contributed by atoms with Crippen molar-refractivity contribution in [1.29, 1.82) is 0 Å². The molecule has 2 aliphatic heterocycles. The van der Waals surface area contributed by atoms with Crippen LogP contribution in [0, 0.1) is 0 Å². The molecule has 2 aromatic carbocycles. The van der Waals surface area contributed by atoms with Crippen LogP contribution in [0.5, 0.6) is 17.2 Å². The molecule has 2 aliphatic rings. The van der Waals surface area contributed by atoms with E-state index >= 15 is 0 Å². The van der Waals surface area contributed by atoms with Crippen molar-refractivity contribution in [2.24, 2.45) is 4.99 Å². The number of aliphatic imine (C=N–C) groups is 1. The summed E-state index contributed by atoms with van der Waals surface area (Å²) in [5, 5.41) is 0. The van der Waals surface area contributed by atoms with Gasteiger partial charge in [-0.1, -0.05) is 18.2 Å². The highest BCUT2D eigenvalue weighted by Gasteiger charge is 2.23. The molecule has 6 heteroatoms. The van der Waals surface area contributed by atoms with Crippen LogP contribution in [0.25, 0.3) is 6.08 Å². The molecule has 0 aliphatic carbocycles. The number of nitrogens with zero attached hydrogens (tertiary/aromatic N) is 1. The lowest BCUT2D eigenvalue weighted by Crippen LogP contribution is -2.15. The number of benzene rings is 2. The van der Waals surface area contributed by atoms with Crippen molar-refractivity contribution in [3.05, 3.63) is 59.3 Å². The molecular weight excluding hydrogens is 334 g/mol. The predicted molar refractivity (Wildman–Crippen MR) is 95.6 cm³/mol. The van der Waals surface area contributed by atoms with Gasteiger partial charge in [-0.25, -0.2) is 9.79 Å². The Kier molecular flexibility index (Phi) is 4.31. The Morgan fingerprint density at radius 2 is 1.85 bits per heavy atom. The van der Waals surface area contributed by atoms with E-state index in [-0.39, 0.29) is 5.70 Å². The zero-order valence-corrected chi connectivity index (χ0v) is 14.2. The molecule has 4 rings (SSSR count). The normalized spacial score (nSPS) is 17.0. The second kappa shape index (κ2) is 6.92. The van der Waals surface area contributed by atoms with Gasteiger partial charge in [0.1, 0.15) is 19.0 Å². The summed E-state index contributed by atoms with van der Waals surface area (Å²) in [6.45, 7) is 1.05. The first-order valence-electron chi connectivity index (χ1n) is 8.25. The van der Waals surface area contributed by atoms with Gasteiger partial charge in [-0.2, -0.15) is 0 Å². The molecule has 2 aromatic rings. The fourth-order valence-electron chi connectivity index (χ4n) is 2.75. The smallest absolute Gasteiger partial charge is 0.363 e. The Labute approximate surface area is 150 Å². The Hall–Kier alpha value is -3.28. The average molecular weight is 351 g/mol. The van der Waals surface area contributed by atoms with E-state index in [9.17, 15) is 4.79 Å². The number of rotatable bonds is 4. The zero-order chi connectivity index (χ0) is 17.9. The van der Waals surface area contributed by atoms with E-state index in [4.69, 9.17) is 18.9 Å². The Balaban J connectivity index is 1.52. The van der Waals surface area contributed by atoms with E-state index in [1.807, 2.05) is 42.5 Å². The SMILES string of the molecule is COc1ccc(CC2=N/C(=C/c3ccc4c(c3)OCCO4)C(=O)O2)cc1. The maximum atomic E-state index is 12.1. The molecule has 0 bridgehead atoms. The predicted octanol–water partition coefficient (Wildman–Crippen LogP) is 3.01. The molecule has 0 spiro atoms. The standard InChI is InChI=1S/C20H17NO5/c1-23-15-5-2-13(3-6-15)12-19-21-16(20(22)26-19)10-14-4-7-17-18(11-14)25-9-8-24-17/h2-7,10-11H,8-9,12H2,1H3/b16-10+. The van der Waals surface area contributed by atoms with E-state index < -0.39 is 5.97 Å². The summed E-state index contributed by atoms with van der Waals surface area (Å²) in [6.07, 6.45) is 2.12. The summed E-state index contributed by atoms with van der Waals surface area (Å²) >= 11 is 0. The lowest BCUT2D eigenvalue weighted by Gasteiger charge is -2.18. The molecule has 6 nitrogen and oxygen atoms in total. The van der Waals surface area contributed by atoms with Gasteiger partial charge >= 0.3 is 5.97 Å². The van der Waals surface area contributed by atoms with Gasteiger partial charge in [0.2, 0.25) is 5.90 Å². The molecule has 0 amide bonds. The van der Waals surface area contributed by atoms with E-state index in [1.165, 1.54) is 0 Å². The first-order valence-corrected chi connectivity index (χ1v) is 8.25. The molecule has 0 saturated carbocycles. The number of esters is 1. The minimum atomic E-state index is -0.455. The lowest BCUT2D eigenvalue weighted by atomic mass is 10.1. The number of hydrogen-bond acceptors (Lipinski definition) is 6. The van der Waals surface area contributed by atoms with Crippen molar-refractivity contribution in [2.75, 3.05) is 20.3 Å². The lowest BCUT2D eigenvalue weighted by molar-refractivity contribution is -0.130. The first kappa shape index (κ1) is 16.2. The highest BCUT2D eigenvalue weighted by Crippen LogP contribution is 2.31. The van der Waals surface area contributed by atoms with E-state index in [0.717, 1.165) is 16.9 Å². The summed E-state index contributed by atoms with van der Waals surface area (Å²) in [7, 11) is 1.62. The maximum Gasteiger partial charge on any atom is 0.363 e. The van der Waals surface area contributed by atoms with Crippen molar-refractivity contribution in [2.45, 2.75) is 6.42 Å². The molecule has 0 unspecified atom stereocenters. The fourth-order valence-corrected chi connectivity index (χ4v) is 2.75. The number of carbonyl (C=O) groups excluding carboxylic acids is 1. The molecule has 0 aromatic heterocycles. The second-order valence-electron chi connectivity index (χ2n) is 5.85. The molecule has 2 heterocycles. The van der Waals surface area contributed by atoms with Gasteiger partial charge in [-0.05, 0) is 41.5 Å². The van der Waals surface area contributed by atoms with E-state index in [2.05, 4.69) is 4.99 Å². The quantitative estimate of drug-likeness (QED) is 0.626. The highest BCUT2D eigenvalue weighted by molar-refractivity contribution is 6.07. The van der Waals surface area contributed by atoms with Crippen molar-refractivity contribution >= 4 is 17.9 Å². The van der Waals surface area contributed by atoms with Crippen LogP contribution in [-0.2, 0) is 16.0 Å². The highest BCUT2D eigenvalue weighted by atomic mass is 16.6. The molecule has 0 radical (unpaired) electrons. The number of carbonyl (C=O) groups is 1. The fraction of sp³-hybridized carbons (Fsp3) is 0.200. The van der Waals surface area contributed by atoms with Crippen LogP contribution in [0.1, 0.15) is 11.1 Å². The zero-order valence-electron chi connectivity index (χ0n) is 14.2. The Bertz CT molecular complexity index is 899. The minimum Gasteiger partial charge on any atom is -0.497 e. The molecule has 132 valence electrons. The topological polar surface area (TPSA) is 66.3 Å². The number of ether oxygens (including phenoxy) is 4. The summed E-state index contributed by atoms with van der Waals surface area (Å²) in [6, 6.07) is 13.0. The van der Waals surface area contributed by atoms with Crippen LogP contribution in [0.4, 0.5) is 0 Å². The molecule has 0 saturated heterocycles. The monoisotopic (exact) mass is 351 g/mol. The molecule has 0 fully saturated rings. The molecule has 0 N–H and O–H groups in total. The Morgan fingerprint density at radius 3 is 2.62 bits per heavy atom. The van der Waals surface area contributed by atoms with Gasteiger partial charge in [0, 0.05) is 6.42 Å². The average Bonchev–Trinajstić information content (AvgIpc) is 3.01. The number of methoxy groups -OCH3 is 1. The molecule has 26 heavy (non-hydrogen) atoms. The van der Waals surface area contributed by atoms with Crippen LogP contribution >= 0.6 is 0 Å². The van der Waals surface area contributed by atoms with E-state index in [1.54, 1.807) is 13.2 Å². The van der Waals surface area contributed by atoms with Gasteiger partial charge < -0.3 is 18.9 Å². The number of cyclic esters (lactones) is 1. The van der Waals surface area contributed by atoms with Crippen molar-refractivity contribution < 1.29 is 23.7 Å². The van der Waals surface area contributed by atoms with Gasteiger partial charge in [-0.3, -0.25) is 0 Å². The molecule has 0 atom stereocenters. The summed E-state index contributed by atoms with van der Waals surface area (Å²) < 4.78 is 21.5. The van der Waals surface area contributed by atoms with Crippen LogP contribution in [0.3, 0.4) is 0 Å². The maximum absolute atomic E-state index is 12.1. The number of hydrogen-bond donors (Lipinski definition) is 0. The summed E-state index contributed by atoms with van der Waals surface area (Å²) in [4.78, 5) is 16.4. The largest absolute Gasteiger partial charge is 0.497 e. The first-order chi connectivity index (χ1) is 12.7. The van der Waals surface area contributed by atoms with Crippen molar-refractivity contribution in [3.63, 3.8) is 0 Å². The van der Waals surface area contributed by atoms with E-state index in [0.29, 0.717) is 37.0 Å². The molecular formula is C20H17NO5. The minimum absolute atomic E-state index is 0.269. The van der Waals surface area contributed by atoms with Crippen molar-refractivity contribution in [1.82, 2.24) is 0 Å². The van der Waals surface area contributed by atoms with Crippen LogP contribution in [-0.4, -0.2) is 32.2 Å². The van der Waals surface area contributed by atoms with Crippen LogP contribution in [0.2, 0.25) is 0 Å².